The number of hydrogen-bond donors (Lipinski definition) is 0. The van der Waals surface area contributed by atoms with E-state index < -0.39 is 0 Å². The summed E-state index contributed by atoms with van der Waals surface area (Å²) in [4.78, 5) is 16.0. The number of fused-ring (bicyclic) bond motifs is 2. The number of nitrogens with zero attached hydrogens (tertiary/aromatic N) is 4. The summed E-state index contributed by atoms with van der Waals surface area (Å²) >= 11 is 0. The Morgan fingerprint density at radius 3 is 2.96 bits per heavy atom. The predicted octanol–water partition coefficient (Wildman–Crippen LogP) is 3.59. The van der Waals surface area contributed by atoms with Crippen LogP contribution in [-0.2, 0) is 19.4 Å². The Kier molecular flexibility index (Phi) is 4.09. The van der Waals surface area contributed by atoms with E-state index in [4.69, 9.17) is 9.72 Å². The molecule has 136 valence electrons. The van der Waals surface area contributed by atoms with Crippen molar-refractivity contribution in [3.63, 3.8) is 0 Å². The molecule has 1 unspecified atom stereocenters. The van der Waals surface area contributed by atoms with Crippen molar-refractivity contribution in [2.24, 2.45) is 0 Å². The summed E-state index contributed by atoms with van der Waals surface area (Å²) in [5.41, 5.74) is 5.98. The zero-order valence-corrected chi connectivity index (χ0v) is 15.4. The topological polar surface area (TPSA) is 51.1 Å². The third-order valence-electron chi connectivity index (χ3n) is 5.63. The Balaban J connectivity index is 1.36. The van der Waals surface area contributed by atoms with Gasteiger partial charge in [-0.1, -0.05) is 12.1 Å². The molecule has 27 heavy (non-hydrogen) atoms. The molecule has 0 saturated heterocycles. The van der Waals surface area contributed by atoms with Crippen LogP contribution >= 0.6 is 0 Å². The monoisotopic (exact) mass is 358 g/mol. The van der Waals surface area contributed by atoms with Crippen LogP contribution in [-0.4, -0.2) is 33.0 Å². The molecule has 2 aliphatic heterocycles. The second-order valence-electron chi connectivity index (χ2n) is 7.27. The first-order valence-corrected chi connectivity index (χ1v) is 9.53. The number of ether oxygens (including phenoxy) is 1. The molecular formula is C22H22N4O. The van der Waals surface area contributed by atoms with E-state index in [1.807, 2.05) is 24.5 Å². The highest BCUT2D eigenvalue weighted by molar-refractivity contribution is 5.53. The molecule has 5 rings (SSSR count). The van der Waals surface area contributed by atoms with E-state index in [9.17, 15) is 0 Å². The first-order valence-electron chi connectivity index (χ1n) is 9.53. The van der Waals surface area contributed by atoms with Crippen molar-refractivity contribution in [2.45, 2.75) is 32.4 Å². The highest BCUT2D eigenvalue weighted by atomic mass is 16.5. The fourth-order valence-electron chi connectivity index (χ4n) is 3.96. The van der Waals surface area contributed by atoms with Crippen LogP contribution in [0, 0.1) is 0 Å². The minimum absolute atomic E-state index is 0.339. The van der Waals surface area contributed by atoms with Crippen LogP contribution < -0.4 is 4.74 Å². The van der Waals surface area contributed by atoms with Crippen molar-refractivity contribution < 1.29 is 4.74 Å². The van der Waals surface area contributed by atoms with Crippen molar-refractivity contribution >= 4 is 0 Å². The molecule has 0 N–H and O–H groups in total. The van der Waals surface area contributed by atoms with E-state index in [1.54, 1.807) is 6.20 Å². The maximum Gasteiger partial charge on any atom is 0.160 e. The highest BCUT2D eigenvalue weighted by Gasteiger charge is 2.24. The number of benzene rings is 1. The van der Waals surface area contributed by atoms with E-state index in [0.29, 0.717) is 6.04 Å². The predicted molar refractivity (Wildman–Crippen MR) is 103 cm³/mol. The minimum Gasteiger partial charge on any atom is -0.493 e. The molecule has 0 fully saturated rings. The van der Waals surface area contributed by atoms with Gasteiger partial charge in [0.2, 0.25) is 0 Å². The lowest BCUT2D eigenvalue weighted by Crippen LogP contribution is -2.33. The SMILES string of the molecule is CC(c1ccc2c(c1)OCC2)N1CCc2nc(-c3cccnc3)ncc2C1. The molecule has 2 aliphatic rings. The zero-order chi connectivity index (χ0) is 18.2. The highest BCUT2D eigenvalue weighted by Crippen LogP contribution is 2.32. The maximum absolute atomic E-state index is 5.74. The standard InChI is InChI=1S/C22H22N4O/c1-15(17-5-4-16-7-10-27-21(16)11-17)26-9-6-20-19(14-26)13-24-22(25-20)18-3-2-8-23-12-18/h2-5,8,11-13,15H,6-7,9-10,14H2,1H3. The minimum atomic E-state index is 0.339. The van der Waals surface area contributed by atoms with Gasteiger partial charge in [0.25, 0.3) is 0 Å². The van der Waals surface area contributed by atoms with Crippen molar-refractivity contribution in [3.8, 4) is 17.1 Å². The lowest BCUT2D eigenvalue weighted by atomic mass is 10.00. The molecule has 3 aromatic rings. The normalized spacial score (nSPS) is 17.1. The summed E-state index contributed by atoms with van der Waals surface area (Å²) in [7, 11) is 0. The molecule has 0 spiro atoms. The zero-order valence-electron chi connectivity index (χ0n) is 15.4. The fraction of sp³-hybridized carbons (Fsp3) is 0.318. The molecule has 0 bridgehead atoms. The second-order valence-corrected chi connectivity index (χ2v) is 7.27. The van der Waals surface area contributed by atoms with E-state index >= 15 is 0 Å². The quantitative estimate of drug-likeness (QED) is 0.716. The van der Waals surface area contributed by atoms with Gasteiger partial charge < -0.3 is 4.74 Å². The summed E-state index contributed by atoms with van der Waals surface area (Å²) in [6.45, 7) is 4.95. The second kappa shape index (κ2) is 6.74. The van der Waals surface area contributed by atoms with Gasteiger partial charge in [0.15, 0.2) is 5.82 Å². The number of aromatic nitrogens is 3. The molecule has 0 aliphatic carbocycles. The summed E-state index contributed by atoms with van der Waals surface area (Å²) in [5.74, 6) is 1.82. The van der Waals surface area contributed by atoms with E-state index in [-0.39, 0.29) is 0 Å². The third-order valence-corrected chi connectivity index (χ3v) is 5.63. The average Bonchev–Trinajstić information content (AvgIpc) is 3.21. The molecule has 0 saturated carbocycles. The molecule has 0 radical (unpaired) electrons. The Morgan fingerprint density at radius 2 is 2.07 bits per heavy atom. The van der Waals surface area contributed by atoms with Gasteiger partial charge in [-0.25, -0.2) is 9.97 Å². The summed E-state index contributed by atoms with van der Waals surface area (Å²) in [6, 6.07) is 10.9. The summed E-state index contributed by atoms with van der Waals surface area (Å²) < 4.78 is 5.74. The fourth-order valence-corrected chi connectivity index (χ4v) is 3.96. The lowest BCUT2D eigenvalue weighted by molar-refractivity contribution is 0.190. The van der Waals surface area contributed by atoms with Crippen molar-refractivity contribution in [2.75, 3.05) is 13.2 Å². The molecule has 0 amide bonds. The molecule has 1 atom stereocenters. The molecular weight excluding hydrogens is 336 g/mol. The summed E-state index contributed by atoms with van der Waals surface area (Å²) in [5, 5.41) is 0. The van der Waals surface area contributed by atoms with Gasteiger partial charge in [0, 0.05) is 61.7 Å². The van der Waals surface area contributed by atoms with Crippen LogP contribution in [0.4, 0.5) is 0 Å². The van der Waals surface area contributed by atoms with Crippen molar-refractivity contribution in [1.29, 1.82) is 0 Å². The Morgan fingerprint density at radius 1 is 1.11 bits per heavy atom. The molecule has 5 heteroatoms. The number of pyridine rings is 1. The summed E-state index contributed by atoms with van der Waals surface area (Å²) in [6.07, 6.45) is 7.53. The van der Waals surface area contributed by atoms with Crippen LogP contribution in [0.5, 0.6) is 5.75 Å². The maximum atomic E-state index is 5.74. The van der Waals surface area contributed by atoms with E-state index in [0.717, 1.165) is 55.4 Å². The van der Waals surface area contributed by atoms with Gasteiger partial charge in [-0.15, -0.1) is 0 Å². The largest absolute Gasteiger partial charge is 0.493 e. The molecule has 4 heterocycles. The van der Waals surface area contributed by atoms with Gasteiger partial charge in [-0.05, 0) is 36.2 Å². The van der Waals surface area contributed by atoms with Crippen LogP contribution in [0.15, 0.2) is 48.9 Å². The van der Waals surface area contributed by atoms with Crippen molar-refractivity contribution in [1.82, 2.24) is 19.9 Å². The number of hydrogen-bond acceptors (Lipinski definition) is 5. The first-order chi connectivity index (χ1) is 13.3. The van der Waals surface area contributed by atoms with Gasteiger partial charge in [-0.3, -0.25) is 9.88 Å². The van der Waals surface area contributed by atoms with Crippen LogP contribution in [0.1, 0.15) is 35.3 Å². The number of rotatable bonds is 3. The van der Waals surface area contributed by atoms with E-state index in [1.165, 1.54) is 16.7 Å². The third kappa shape index (κ3) is 3.08. The molecule has 5 nitrogen and oxygen atoms in total. The average molecular weight is 358 g/mol. The molecule has 1 aromatic carbocycles. The van der Waals surface area contributed by atoms with Gasteiger partial charge >= 0.3 is 0 Å². The van der Waals surface area contributed by atoms with Gasteiger partial charge in [0.05, 0.1) is 12.3 Å². The Hall–Kier alpha value is -2.79. The lowest BCUT2D eigenvalue weighted by Gasteiger charge is -2.33. The van der Waals surface area contributed by atoms with Gasteiger partial charge in [-0.2, -0.15) is 0 Å². The Bertz CT molecular complexity index is 973. The smallest absolute Gasteiger partial charge is 0.160 e. The van der Waals surface area contributed by atoms with E-state index in [2.05, 4.69) is 40.0 Å². The van der Waals surface area contributed by atoms with Gasteiger partial charge in [0.1, 0.15) is 5.75 Å². The van der Waals surface area contributed by atoms with Crippen molar-refractivity contribution in [3.05, 3.63) is 71.3 Å². The van der Waals surface area contributed by atoms with Crippen LogP contribution in [0.3, 0.4) is 0 Å². The van der Waals surface area contributed by atoms with Crippen LogP contribution in [0.25, 0.3) is 11.4 Å². The first kappa shape index (κ1) is 16.4. The Labute approximate surface area is 159 Å². The van der Waals surface area contributed by atoms with Crippen LogP contribution in [0.2, 0.25) is 0 Å². The molecule has 2 aromatic heterocycles.